The molecule has 7 rings (SSSR count). The molecular weight excluding hydrogens is 440 g/mol. The second-order valence-electron chi connectivity index (χ2n) is 8.92. The second kappa shape index (κ2) is 8.40. The molecule has 170 valence electrons. The first-order valence-electron chi connectivity index (χ1n) is 12.1. The molecule has 0 bridgehead atoms. The van der Waals surface area contributed by atoms with Crippen LogP contribution in [0, 0.1) is 0 Å². The van der Waals surface area contributed by atoms with E-state index in [9.17, 15) is 0 Å². The van der Waals surface area contributed by atoms with Crippen LogP contribution in [0.2, 0.25) is 0 Å². The number of pyridine rings is 1. The molecule has 0 radical (unpaired) electrons. The van der Waals surface area contributed by atoms with Crippen LogP contribution in [0.1, 0.15) is 0 Å². The molecule has 2 aromatic heterocycles. The van der Waals surface area contributed by atoms with Crippen molar-refractivity contribution < 1.29 is 4.42 Å². The molecule has 3 heteroatoms. The lowest BCUT2D eigenvalue weighted by Crippen LogP contribution is -2.09. The standard InChI is InChI=1S/C33H22N2O/c1-2-7-23(8-3-1)25-12-15-27(16-13-25)35(28-17-14-24-9-4-5-10-26(24)21-28)29-18-19-30-31-11-6-20-34-33(31)36-32(30)22-29/h1-22H. The predicted molar refractivity (Wildman–Crippen MR) is 149 cm³/mol. The van der Waals surface area contributed by atoms with Gasteiger partial charge in [0.2, 0.25) is 5.71 Å². The van der Waals surface area contributed by atoms with Gasteiger partial charge < -0.3 is 9.32 Å². The minimum absolute atomic E-state index is 0.661. The van der Waals surface area contributed by atoms with E-state index in [2.05, 4.69) is 125 Å². The van der Waals surface area contributed by atoms with E-state index in [0.717, 1.165) is 33.4 Å². The number of nitrogens with zero attached hydrogens (tertiary/aromatic N) is 2. The van der Waals surface area contributed by atoms with E-state index in [-0.39, 0.29) is 0 Å². The molecule has 0 spiro atoms. The van der Waals surface area contributed by atoms with Crippen molar-refractivity contribution in [1.29, 1.82) is 0 Å². The Balaban J connectivity index is 1.39. The van der Waals surface area contributed by atoms with Crippen LogP contribution in [0.5, 0.6) is 0 Å². The van der Waals surface area contributed by atoms with Gasteiger partial charge >= 0.3 is 0 Å². The molecule has 0 fully saturated rings. The van der Waals surface area contributed by atoms with Crippen molar-refractivity contribution in [2.75, 3.05) is 4.90 Å². The van der Waals surface area contributed by atoms with Crippen molar-refractivity contribution in [1.82, 2.24) is 4.98 Å². The van der Waals surface area contributed by atoms with E-state index in [1.807, 2.05) is 12.1 Å². The first kappa shape index (κ1) is 20.5. The van der Waals surface area contributed by atoms with Crippen LogP contribution in [-0.4, -0.2) is 4.98 Å². The molecule has 0 N–H and O–H groups in total. The fraction of sp³-hybridized carbons (Fsp3) is 0. The van der Waals surface area contributed by atoms with Crippen LogP contribution in [0.3, 0.4) is 0 Å². The van der Waals surface area contributed by atoms with Gasteiger partial charge in [-0.2, -0.15) is 0 Å². The van der Waals surface area contributed by atoms with Gasteiger partial charge in [-0.15, -0.1) is 0 Å². The van der Waals surface area contributed by atoms with Gasteiger partial charge in [0, 0.05) is 40.1 Å². The van der Waals surface area contributed by atoms with E-state index in [4.69, 9.17) is 4.42 Å². The summed E-state index contributed by atoms with van der Waals surface area (Å²) in [5.74, 6) is 0. The summed E-state index contributed by atoms with van der Waals surface area (Å²) < 4.78 is 6.12. The van der Waals surface area contributed by atoms with E-state index in [0.29, 0.717) is 5.71 Å². The number of hydrogen-bond donors (Lipinski definition) is 0. The summed E-state index contributed by atoms with van der Waals surface area (Å²) in [4.78, 5) is 6.68. The number of fused-ring (bicyclic) bond motifs is 4. The van der Waals surface area contributed by atoms with Crippen molar-refractivity contribution >= 4 is 49.9 Å². The second-order valence-corrected chi connectivity index (χ2v) is 8.92. The van der Waals surface area contributed by atoms with Crippen LogP contribution in [-0.2, 0) is 0 Å². The Hall–Kier alpha value is -4.89. The first-order valence-corrected chi connectivity index (χ1v) is 12.1. The molecular formula is C33H22N2O. The van der Waals surface area contributed by atoms with Crippen LogP contribution < -0.4 is 4.90 Å². The highest BCUT2D eigenvalue weighted by Gasteiger charge is 2.16. The number of anilines is 3. The average molecular weight is 463 g/mol. The van der Waals surface area contributed by atoms with E-state index in [1.165, 1.54) is 21.9 Å². The van der Waals surface area contributed by atoms with Crippen LogP contribution in [0.15, 0.2) is 138 Å². The van der Waals surface area contributed by atoms with Gasteiger partial charge in [0.05, 0.1) is 0 Å². The van der Waals surface area contributed by atoms with Crippen molar-refractivity contribution in [3.63, 3.8) is 0 Å². The lowest BCUT2D eigenvalue weighted by atomic mass is 10.0. The van der Waals surface area contributed by atoms with Gasteiger partial charge in [-0.05, 0) is 70.4 Å². The highest BCUT2D eigenvalue weighted by molar-refractivity contribution is 6.05. The Morgan fingerprint density at radius 3 is 2.06 bits per heavy atom. The number of aromatic nitrogens is 1. The Labute approximate surface area is 208 Å². The summed E-state index contributed by atoms with van der Waals surface area (Å²) in [7, 11) is 0. The Morgan fingerprint density at radius 2 is 1.19 bits per heavy atom. The molecule has 7 aromatic rings. The van der Waals surface area contributed by atoms with E-state index in [1.54, 1.807) is 6.20 Å². The van der Waals surface area contributed by atoms with Crippen molar-refractivity contribution in [2.24, 2.45) is 0 Å². The maximum atomic E-state index is 6.12. The minimum atomic E-state index is 0.661. The number of rotatable bonds is 4. The molecule has 5 aromatic carbocycles. The number of hydrogen-bond acceptors (Lipinski definition) is 3. The molecule has 0 aliphatic rings. The predicted octanol–water partition coefficient (Wildman–Crippen LogP) is 9.27. The van der Waals surface area contributed by atoms with Gasteiger partial charge in [-0.1, -0.05) is 72.8 Å². The molecule has 2 heterocycles. The normalized spacial score (nSPS) is 11.3. The summed E-state index contributed by atoms with van der Waals surface area (Å²) in [6.07, 6.45) is 1.77. The third-order valence-corrected chi connectivity index (χ3v) is 6.72. The zero-order valence-corrected chi connectivity index (χ0v) is 19.5. The largest absolute Gasteiger partial charge is 0.438 e. The van der Waals surface area contributed by atoms with Gasteiger partial charge in [0.1, 0.15) is 5.58 Å². The Bertz CT molecular complexity index is 1840. The van der Waals surface area contributed by atoms with Gasteiger partial charge in [-0.25, -0.2) is 4.98 Å². The van der Waals surface area contributed by atoms with Gasteiger partial charge in [0.15, 0.2) is 0 Å². The highest BCUT2D eigenvalue weighted by atomic mass is 16.3. The molecule has 0 saturated heterocycles. The quantitative estimate of drug-likeness (QED) is 0.261. The Morgan fingerprint density at radius 1 is 0.500 bits per heavy atom. The monoisotopic (exact) mass is 462 g/mol. The average Bonchev–Trinajstić information content (AvgIpc) is 3.32. The zero-order valence-electron chi connectivity index (χ0n) is 19.5. The fourth-order valence-corrected chi connectivity index (χ4v) is 4.93. The summed E-state index contributed by atoms with van der Waals surface area (Å²) in [6, 6.07) is 44.6. The van der Waals surface area contributed by atoms with Crippen molar-refractivity contribution in [3.8, 4) is 11.1 Å². The molecule has 36 heavy (non-hydrogen) atoms. The third-order valence-electron chi connectivity index (χ3n) is 6.72. The summed E-state index contributed by atoms with van der Waals surface area (Å²) in [5, 5.41) is 4.53. The first-order chi connectivity index (χ1) is 17.8. The van der Waals surface area contributed by atoms with Crippen molar-refractivity contribution in [3.05, 3.63) is 134 Å². The summed E-state index contributed by atoms with van der Waals surface area (Å²) >= 11 is 0. The van der Waals surface area contributed by atoms with Gasteiger partial charge in [0.25, 0.3) is 0 Å². The van der Waals surface area contributed by atoms with E-state index >= 15 is 0 Å². The molecule has 0 saturated carbocycles. The molecule has 0 aliphatic heterocycles. The maximum absolute atomic E-state index is 6.12. The maximum Gasteiger partial charge on any atom is 0.227 e. The third kappa shape index (κ3) is 3.50. The molecule has 0 unspecified atom stereocenters. The van der Waals surface area contributed by atoms with Crippen LogP contribution in [0.25, 0.3) is 44.0 Å². The van der Waals surface area contributed by atoms with Gasteiger partial charge in [-0.3, -0.25) is 0 Å². The Kier molecular flexibility index (Phi) is 4.78. The molecule has 0 aliphatic carbocycles. The number of benzene rings is 5. The molecule has 3 nitrogen and oxygen atoms in total. The summed E-state index contributed by atoms with van der Waals surface area (Å²) in [6.45, 7) is 0. The van der Waals surface area contributed by atoms with E-state index < -0.39 is 0 Å². The van der Waals surface area contributed by atoms with Crippen LogP contribution >= 0.6 is 0 Å². The molecule has 0 amide bonds. The minimum Gasteiger partial charge on any atom is -0.438 e. The lowest BCUT2D eigenvalue weighted by Gasteiger charge is -2.26. The smallest absolute Gasteiger partial charge is 0.227 e. The zero-order chi connectivity index (χ0) is 23.9. The fourth-order valence-electron chi connectivity index (χ4n) is 4.93. The SMILES string of the molecule is c1ccc(-c2ccc(N(c3ccc4ccccc4c3)c3ccc4c(c3)oc3ncccc34)cc2)cc1. The van der Waals surface area contributed by atoms with Crippen LogP contribution in [0.4, 0.5) is 17.1 Å². The number of furan rings is 1. The topological polar surface area (TPSA) is 29.3 Å². The highest BCUT2D eigenvalue weighted by Crippen LogP contribution is 2.39. The molecule has 0 atom stereocenters. The lowest BCUT2D eigenvalue weighted by molar-refractivity contribution is 0.654. The summed E-state index contributed by atoms with van der Waals surface area (Å²) in [5.41, 5.74) is 7.09. The van der Waals surface area contributed by atoms with Crippen molar-refractivity contribution in [2.45, 2.75) is 0 Å².